The Bertz CT molecular complexity index is 692. The van der Waals surface area contributed by atoms with Crippen molar-refractivity contribution in [3.63, 3.8) is 0 Å². The van der Waals surface area contributed by atoms with E-state index in [1.54, 1.807) is 0 Å². The molecule has 0 fully saturated rings. The normalized spacial score (nSPS) is 13.5. The van der Waals surface area contributed by atoms with E-state index in [1.807, 2.05) is 0 Å². The molecule has 24 heavy (non-hydrogen) atoms. The smallest absolute Gasteiger partial charge is 0.172 e. The number of halogens is 4. The van der Waals surface area contributed by atoms with E-state index >= 15 is 0 Å². The Morgan fingerprint density at radius 2 is 1.04 bits per heavy atom. The molecule has 2 aromatic rings. The summed E-state index contributed by atoms with van der Waals surface area (Å²) in [7, 11) is 2.37. The first kappa shape index (κ1) is 18.0. The summed E-state index contributed by atoms with van der Waals surface area (Å²) < 4.78 is 66.1. The van der Waals surface area contributed by atoms with E-state index in [9.17, 15) is 17.6 Å². The quantitative estimate of drug-likeness (QED) is 0.818. The maximum Gasteiger partial charge on any atom is 0.172 e. The lowest BCUT2D eigenvalue weighted by Crippen LogP contribution is -2.30. The summed E-state index contributed by atoms with van der Waals surface area (Å²) in [5.41, 5.74) is 10.3. The number of benzene rings is 2. The van der Waals surface area contributed by atoms with E-state index in [0.29, 0.717) is 0 Å². The van der Waals surface area contributed by atoms with Crippen LogP contribution in [0.2, 0.25) is 0 Å². The van der Waals surface area contributed by atoms with Gasteiger partial charge in [0.2, 0.25) is 0 Å². The second-order valence-corrected chi connectivity index (χ2v) is 5.01. The van der Waals surface area contributed by atoms with Crippen molar-refractivity contribution in [2.75, 3.05) is 14.2 Å². The van der Waals surface area contributed by atoms with Gasteiger partial charge in [-0.15, -0.1) is 0 Å². The number of nitrogens with two attached hydrogens (primary N) is 2. The van der Waals surface area contributed by atoms with Crippen LogP contribution in [0, 0.1) is 23.3 Å². The van der Waals surface area contributed by atoms with Gasteiger partial charge in [0.1, 0.15) is 11.6 Å². The first-order valence-electron chi connectivity index (χ1n) is 6.88. The minimum absolute atomic E-state index is 0.263. The second kappa shape index (κ2) is 7.06. The fraction of sp³-hybridized carbons (Fsp3) is 0.250. The Morgan fingerprint density at radius 1 is 0.708 bits per heavy atom. The molecule has 0 aromatic heterocycles. The highest BCUT2D eigenvalue weighted by molar-refractivity contribution is 5.39. The van der Waals surface area contributed by atoms with E-state index in [1.165, 1.54) is 14.2 Å². The van der Waals surface area contributed by atoms with Crippen molar-refractivity contribution in [2.45, 2.75) is 12.1 Å². The van der Waals surface area contributed by atoms with E-state index in [0.717, 1.165) is 24.3 Å². The SMILES string of the molecule is COc1ccc(F)c([C@@H](N)[C@@H](N)c2c(F)ccc(OC)c2F)c1F. The summed E-state index contributed by atoms with van der Waals surface area (Å²) in [5, 5.41) is 0. The standard InChI is InChI=1S/C16H16F4N2O2/c1-23-9-5-3-7(17)11(13(9)19)15(21)16(22)12-8(18)4-6-10(24-2)14(12)20/h3-6,15-16H,21-22H2,1-2H3/t15-,16+. The molecule has 2 atom stereocenters. The second-order valence-electron chi connectivity index (χ2n) is 5.01. The number of hydrogen-bond donors (Lipinski definition) is 2. The molecule has 0 heterocycles. The molecule has 0 aliphatic heterocycles. The van der Waals surface area contributed by atoms with E-state index in [4.69, 9.17) is 20.9 Å². The van der Waals surface area contributed by atoms with Crippen molar-refractivity contribution in [1.82, 2.24) is 0 Å². The molecule has 0 spiro atoms. The first-order chi connectivity index (χ1) is 11.3. The largest absolute Gasteiger partial charge is 0.494 e. The summed E-state index contributed by atoms with van der Waals surface area (Å²) >= 11 is 0. The van der Waals surface area contributed by atoms with Gasteiger partial charge in [0, 0.05) is 11.1 Å². The number of hydrogen-bond acceptors (Lipinski definition) is 4. The van der Waals surface area contributed by atoms with Crippen LogP contribution in [0.3, 0.4) is 0 Å². The molecule has 4 N–H and O–H groups in total. The molecule has 0 saturated carbocycles. The van der Waals surface area contributed by atoms with Crippen LogP contribution in [-0.4, -0.2) is 14.2 Å². The first-order valence-corrected chi connectivity index (χ1v) is 6.88. The zero-order valence-electron chi connectivity index (χ0n) is 12.9. The van der Waals surface area contributed by atoms with E-state index in [2.05, 4.69) is 0 Å². The zero-order valence-corrected chi connectivity index (χ0v) is 12.9. The van der Waals surface area contributed by atoms with Gasteiger partial charge in [0.05, 0.1) is 26.3 Å². The Hall–Kier alpha value is -2.32. The molecule has 0 radical (unpaired) electrons. The van der Waals surface area contributed by atoms with Crippen LogP contribution in [0.15, 0.2) is 24.3 Å². The van der Waals surface area contributed by atoms with Crippen molar-refractivity contribution in [3.8, 4) is 11.5 Å². The van der Waals surface area contributed by atoms with Crippen LogP contribution in [-0.2, 0) is 0 Å². The Balaban J connectivity index is 2.54. The minimum atomic E-state index is -1.56. The summed E-state index contributed by atoms with van der Waals surface area (Å²) in [6.45, 7) is 0. The van der Waals surface area contributed by atoms with Gasteiger partial charge in [-0.2, -0.15) is 0 Å². The molecule has 2 aromatic carbocycles. The number of methoxy groups -OCH3 is 2. The average molecular weight is 344 g/mol. The third-order valence-electron chi connectivity index (χ3n) is 3.68. The maximum absolute atomic E-state index is 14.3. The molecule has 130 valence electrons. The number of rotatable bonds is 5. The molecule has 2 rings (SSSR count). The molecule has 0 aliphatic carbocycles. The van der Waals surface area contributed by atoms with Crippen molar-refractivity contribution < 1.29 is 27.0 Å². The predicted molar refractivity (Wildman–Crippen MR) is 79.7 cm³/mol. The molecule has 4 nitrogen and oxygen atoms in total. The van der Waals surface area contributed by atoms with E-state index < -0.39 is 46.5 Å². The molecule has 0 saturated heterocycles. The van der Waals surface area contributed by atoms with Gasteiger partial charge in [-0.1, -0.05) is 0 Å². The molecular weight excluding hydrogens is 328 g/mol. The Kier molecular flexibility index (Phi) is 5.30. The Labute approximate surface area is 136 Å². The highest BCUT2D eigenvalue weighted by Crippen LogP contribution is 2.36. The van der Waals surface area contributed by atoms with Gasteiger partial charge >= 0.3 is 0 Å². The monoisotopic (exact) mass is 344 g/mol. The fourth-order valence-electron chi connectivity index (χ4n) is 2.38. The van der Waals surface area contributed by atoms with Crippen LogP contribution in [0.1, 0.15) is 23.2 Å². The topological polar surface area (TPSA) is 70.5 Å². The van der Waals surface area contributed by atoms with Crippen LogP contribution >= 0.6 is 0 Å². The lowest BCUT2D eigenvalue weighted by molar-refractivity contribution is 0.366. The summed E-state index contributed by atoms with van der Waals surface area (Å²) in [5.74, 6) is -4.69. The van der Waals surface area contributed by atoms with Gasteiger partial charge < -0.3 is 20.9 Å². The summed E-state index contributed by atoms with van der Waals surface area (Å²) in [4.78, 5) is 0. The average Bonchev–Trinajstić information content (AvgIpc) is 2.55. The van der Waals surface area contributed by atoms with Crippen LogP contribution in [0.25, 0.3) is 0 Å². The lowest BCUT2D eigenvalue weighted by atomic mass is 9.93. The fourth-order valence-corrected chi connectivity index (χ4v) is 2.38. The third-order valence-corrected chi connectivity index (χ3v) is 3.68. The highest BCUT2D eigenvalue weighted by Gasteiger charge is 2.30. The van der Waals surface area contributed by atoms with Crippen molar-refractivity contribution in [1.29, 1.82) is 0 Å². The van der Waals surface area contributed by atoms with Gasteiger partial charge in [0.15, 0.2) is 23.1 Å². The highest BCUT2D eigenvalue weighted by atomic mass is 19.1. The van der Waals surface area contributed by atoms with Crippen LogP contribution in [0.5, 0.6) is 11.5 Å². The van der Waals surface area contributed by atoms with Crippen molar-refractivity contribution >= 4 is 0 Å². The van der Waals surface area contributed by atoms with Crippen LogP contribution in [0.4, 0.5) is 17.6 Å². The minimum Gasteiger partial charge on any atom is -0.494 e. The third kappa shape index (κ3) is 3.02. The van der Waals surface area contributed by atoms with Gasteiger partial charge in [-0.3, -0.25) is 0 Å². The van der Waals surface area contributed by atoms with Gasteiger partial charge in [-0.25, -0.2) is 17.6 Å². The summed E-state index contributed by atoms with van der Waals surface area (Å²) in [6.07, 6.45) is 0. The van der Waals surface area contributed by atoms with Crippen molar-refractivity contribution in [3.05, 3.63) is 58.7 Å². The molecule has 8 heteroatoms. The molecule has 0 bridgehead atoms. The van der Waals surface area contributed by atoms with Gasteiger partial charge in [-0.05, 0) is 24.3 Å². The predicted octanol–water partition coefficient (Wildman–Crippen LogP) is 2.96. The Morgan fingerprint density at radius 3 is 1.33 bits per heavy atom. The van der Waals surface area contributed by atoms with Gasteiger partial charge in [0.25, 0.3) is 0 Å². The zero-order chi connectivity index (χ0) is 18.0. The van der Waals surface area contributed by atoms with Crippen molar-refractivity contribution in [2.24, 2.45) is 11.5 Å². The molecule has 0 amide bonds. The molecule has 0 aliphatic rings. The lowest BCUT2D eigenvalue weighted by Gasteiger charge is -2.23. The maximum atomic E-state index is 14.3. The molecular formula is C16H16F4N2O2. The summed E-state index contributed by atoms with van der Waals surface area (Å²) in [6, 6.07) is 0.884. The number of ether oxygens (including phenoxy) is 2. The van der Waals surface area contributed by atoms with E-state index in [-0.39, 0.29) is 11.5 Å². The molecule has 0 unspecified atom stereocenters. The van der Waals surface area contributed by atoms with Crippen LogP contribution < -0.4 is 20.9 Å².